The van der Waals surface area contributed by atoms with Crippen LogP contribution in [0.4, 0.5) is 13.2 Å². The molecule has 1 aliphatic heterocycles. The van der Waals surface area contributed by atoms with Crippen LogP contribution in [0.5, 0.6) is 0 Å². The second-order valence-corrected chi connectivity index (χ2v) is 4.95. The normalized spacial score (nSPS) is 30.5. The third kappa shape index (κ3) is 3.56. The highest BCUT2D eigenvalue weighted by molar-refractivity contribution is 4.89. The number of likely N-dealkylation sites (N-methyl/N-ethyl adjacent to an activating group) is 1. The van der Waals surface area contributed by atoms with Gasteiger partial charge in [-0.25, -0.2) is 0 Å². The first-order valence-electron chi connectivity index (χ1n) is 6.00. The monoisotopic (exact) mass is 253 g/mol. The Morgan fingerprint density at radius 3 is 2.06 bits per heavy atom. The first-order chi connectivity index (χ1) is 7.77. The molecule has 3 nitrogen and oxygen atoms in total. The van der Waals surface area contributed by atoms with Crippen LogP contribution < -0.4 is 5.73 Å². The Kier molecular flexibility index (Phi) is 4.80. The third-order valence-corrected chi connectivity index (χ3v) is 3.65. The SMILES string of the molecule is CC1CN(C(CCN)C(F)(F)F)CC(C)N1C. The number of rotatable bonds is 3. The van der Waals surface area contributed by atoms with Crippen LogP contribution in [0.1, 0.15) is 20.3 Å². The standard InChI is InChI=1S/C11H22F3N3/c1-8-6-17(7-9(2)16(8)3)10(4-5-15)11(12,13)14/h8-10H,4-7,15H2,1-3H3. The van der Waals surface area contributed by atoms with Gasteiger partial charge in [-0.15, -0.1) is 0 Å². The summed E-state index contributed by atoms with van der Waals surface area (Å²) in [5.74, 6) is 0. The molecule has 0 spiro atoms. The van der Waals surface area contributed by atoms with Gasteiger partial charge in [-0.3, -0.25) is 9.80 Å². The van der Waals surface area contributed by atoms with Gasteiger partial charge in [0, 0.05) is 25.2 Å². The fraction of sp³-hybridized carbons (Fsp3) is 1.00. The van der Waals surface area contributed by atoms with Gasteiger partial charge in [-0.1, -0.05) is 0 Å². The molecular formula is C11H22F3N3. The van der Waals surface area contributed by atoms with Crippen molar-refractivity contribution in [2.45, 2.75) is 44.6 Å². The lowest BCUT2D eigenvalue weighted by molar-refractivity contribution is -0.193. The quantitative estimate of drug-likeness (QED) is 0.822. The zero-order chi connectivity index (χ0) is 13.2. The van der Waals surface area contributed by atoms with Gasteiger partial charge in [-0.2, -0.15) is 13.2 Å². The van der Waals surface area contributed by atoms with Gasteiger partial charge in [0.1, 0.15) is 6.04 Å². The average Bonchev–Trinajstić information content (AvgIpc) is 2.20. The van der Waals surface area contributed by atoms with Crippen molar-refractivity contribution < 1.29 is 13.2 Å². The van der Waals surface area contributed by atoms with Crippen LogP contribution in [0.2, 0.25) is 0 Å². The molecule has 3 atom stereocenters. The summed E-state index contributed by atoms with van der Waals surface area (Å²) in [4.78, 5) is 3.65. The molecule has 1 aliphatic rings. The van der Waals surface area contributed by atoms with Gasteiger partial charge in [0.15, 0.2) is 0 Å². The maximum atomic E-state index is 12.9. The average molecular weight is 253 g/mol. The Morgan fingerprint density at radius 1 is 1.24 bits per heavy atom. The summed E-state index contributed by atoms with van der Waals surface area (Å²) in [5, 5.41) is 0. The molecular weight excluding hydrogens is 231 g/mol. The van der Waals surface area contributed by atoms with Crippen LogP contribution in [0.15, 0.2) is 0 Å². The van der Waals surface area contributed by atoms with Crippen LogP contribution in [-0.2, 0) is 0 Å². The van der Waals surface area contributed by atoms with E-state index in [2.05, 4.69) is 4.90 Å². The molecule has 1 fully saturated rings. The number of halogens is 3. The van der Waals surface area contributed by atoms with E-state index in [0.717, 1.165) is 0 Å². The minimum absolute atomic E-state index is 0.0212. The van der Waals surface area contributed by atoms with Gasteiger partial charge in [0.25, 0.3) is 0 Å². The topological polar surface area (TPSA) is 32.5 Å². The number of nitrogens with zero attached hydrogens (tertiary/aromatic N) is 2. The van der Waals surface area contributed by atoms with E-state index < -0.39 is 12.2 Å². The summed E-state index contributed by atoms with van der Waals surface area (Å²) in [5.41, 5.74) is 5.29. The van der Waals surface area contributed by atoms with E-state index in [9.17, 15) is 13.2 Å². The lowest BCUT2D eigenvalue weighted by Gasteiger charge is -2.45. The van der Waals surface area contributed by atoms with Crippen molar-refractivity contribution in [2.24, 2.45) is 5.73 Å². The molecule has 0 aromatic carbocycles. The van der Waals surface area contributed by atoms with Gasteiger partial charge in [0.2, 0.25) is 0 Å². The van der Waals surface area contributed by atoms with Gasteiger partial charge in [0.05, 0.1) is 0 Å². The van der Waals surface area contributed by atoms with Crippen LogP contribution in [0.25, 0.3) is 0 Å². The minimum atomic E-state index is -4.19. The maximum absolute atomic E-state index is 12.9. The van der Waals surface area contributed by atoms with Crippen molar-refractivity contribution in [1.82, 2.24) is 9.80 Å². The smallest absolute Gasteiger partial charge is 0.330 e. The summed E-state index contributed by atoms with van der Waals surface area (Å²) in [7, 11) is 1.96. The summed E-state index contributed by atoms with van der Waals surface area (Å²) in [6.45, 7) is 4.88. The molecule has 102 valence electrons. The van der Waals surface area contributed by atoms with E-state index >= 15 is 0 Å². The Bertz CT molecular complexity index is 233. The zero-order valence-corrected chi connectivity index (χ0v) is 10.7. The van der Waals surface area contributed by atoms with E-state index in [1.807, 2.05) is 20.9 Å². The van der Waals surface area contributed by atoms with E-state index in [4.69, 9.17) is 5.73 Å². The Morgan fingerprint density at radius 2 is 1.71 bits per heavy atom. The molecule has 0 saturated carbocycles. The van der Waals surface area contributed by atoms with E-state index in [0.29, 0.717) is 13.1 Å². The highest BCUT2D eigenvalue weighted by atomic mass is 19.4. The van der Waals surface area contributed by atoms with Crippen molar-refractivity contribution in [2.75, 3.05) is 26.7 Å². The van der Waals surface area contributed by atoms with Crippen LogP contribution in [-0.4, -0.2) is 60.8 Å². The lowest BCUT2D eigenvalue weighted by atomic mass is 10.0. The third-order valence-electron chi connectivity index (χ3n) is 3.65. The summed E-state index contributed by atoms with van der Waals surface area (Å²) in [6.07, 6.45) is -4.21. The maximum Gasteiger partial charge on any atom is 0.404 e. The Labute approximate surface area is 101 Å². The predicted molar refractivity (Wildman–Crippen MR) is 61.8 cm³/mol. The number of nitrogens with two attached hydrogens (primary N) is 1. The van der Waals surface area contributed by atoms with E-state index in [1.54, 1.807) is 0 Å². The summed E-state index contributed by atoms with van der Waals surface area (Å²) >= 11 is 0. The number of hydrogen-bond donors (Lipinski definition) is 1. The molecule has 1 rings (SSSR count). The molecule has 17 heavy (non-hydrogen) atoms. The molecule has 0 aromatic heterocycles. The Balaban J connectivity index is 2.75. The van der Waals surface area contributed by atoms with Crippen molar-refractivity contribution in [3.63, 3.8) is 0 Å². The molecule has 0 aliphatic carbocycles. The highest BCUT2D eigenvalue weighted by Gasteiger charge is 2.45. The summed E-state index contributed by atoms with van der Waals surface area (Å²) in [6, 6.07) is -1.12. The van der Waals surface area contributed by atoms with Gasteiger partial charge >= 0.3 is 6.18 Å². The molecule has 0 amide bonds. The first-order valence-corrected chi connectivity index (χ1v) is 6.00. The predicted octanol–water partition coefficient (Wildman–Crippen LogP) is 1.29. The largest absolute Gasteiger partial charge is 0.404 e. The molecule has 0 aromatic rings. The number of alkyl halides is 3. The van der Waals surface area contributed by atoms with Crippen LogP contribution in [0, 0.1) is 0 Å². The molecule has 6 heteroatoms. The van der Waals surface area contributed by atoms with Crippen LogP contribution >= 0.6 is 0 Å². The molecule has 3 unspecified atom stereocenters. The van der Waals surface area contributed by atoms with E-state index in [-0.39, 0.29) is 25.0 Å². The molecule has 1 heterocycles. The lowest BCUT2D eigenvalue weighted by Crippen LogP contribution is -2.60. The second kappa shape index (κ2) is 5.54. The van der Waals surface area contributed by atoms with Crippen molar-refractivity contribution in [3.05, 3.63) is 0 Å². The van der Waals surface area contributed by atoms with Crippen LogP contribution in [0.3, 0.4) is 0 Å². The Hall–Kier alpha value is -0.330. The minimum Gasteiger partial charge on any atom is -0.330 e. The summed E-state index contributed by atoms with van der Waals surface area (Å²) < 4.78 is 38.8. The zero-order valence-electron chi connectivity index (χ0n) is 10.7. The number of piperazine rings is 1. The van der Waals surface area contributed by atoms with Gasteiger partial charge < -0.3 is 5.73 Å². The highest BCUT2D eigenvalue weighted by Crippen LogP contribution is 2.29. The first kappa shape index (κ1) is 14.7. The molecule has 0 bridgehead atoms. The fourth-order valence-corrected chi connectivity index (χ4v) is 2.41. The van der Waals surface area contributed by atoms with E-state index in [1.165, 1.54) is 4.90 Å². The molecule has 0 radical (unpaired) electrons. The molecule has 2 N–H and O–H groups in total. The van der Waals surface area contributed by atoms with Crippen molar-refractivity contribution >= 4 is 0 Å². The van der Waals surface area contributed by atoms with Crippen molar-refractivity contribution in [3.8, 4) is 0 Å². The second-order valence-electron chi connectivity index (χ2n) is 4.95. The molecule has 1 saturated heterocycles. The van der Waals surface area contributed by atoms with Gasteiger partial charge in [-0.05, 0) is 33.9 Å². The van der Waals surface area contributed by atoms with Crippen molar-refractivity contribution in [1.29, 1.82) is 0 Å². The fourth-order valence-electron chi connectivity index (χ4n) is 2.41. The number of hydrogen-bond acceptors (Lipinski definition) is 3.